The maximum Gasteiger partial charge on any atom is 0.490 e. The maximum atomic E-state index is 13.2. The number of likely N-dealkylation sites (N-methyl/N-ethyl adjacent to an activating group) is 1. The Bertz CT molecular complexity index is 1470. The number of halogens is 3. The van der Waals surface area contributed by atoms with Crippen LogP contribution < -0.4 is 9.47 Å². The number of hydrogen-bond acceptors (Lipinski definition) is 12. The number of ether oxygens (including phenoxy) is 5. The van der Waals surface area contributed by atoms with Gasteiger partial charge in [-0.25, -0.2) is 14.4 Å². The van der Waals surface area contributed by atoms with Gasteiger partial charge >= 0.3 is 30.1 Å². The highest BCUT2D eigenvalue weighted by Crippen LogP contribution is 2.65. The first-order valence-corrected chi connectivity index (χ1v) is 14.8. The Morgan fingerprint density at radius 3 is 2.34 bits per heavy atom. The van der Waals surface area contributed by atoms with Crippen molar-refractivity contribution in [2.45, 2.75) is 101 Å². The van der Waals surface area contributed by atoms with Gasteiger partial charge in [0.2, 0.25) is 6.10 Å². The van der Waals surface area contributed by atoms with E-state index in [-0.39, 0.29) is 18.2 Å². The second kappa shape index (κ2) is 12.6. The minimum Gasteiger partial charge on any atom is -0.493 e. The lowest BCUT2D eigenvalue weighted by Crippen LogP contribution is -2.74. The van der Waals surface area contributed by atoms with E-state index >= 15 is 0 Å². The van der Waals surface area contributed by atoms with Crippen LogP contribution in [-0.2, 0) is 45.2 Å². The Morgan fingerprint density at radius 1 is 1.15 bits per heavy atom. The van der Waals surface area contributed by atoms with Crippen molar-refractivity contribution in [3.8, 4) is 11.5 Å². The molecule has 13 nitrogen and oxygen atoms in total. The van der Waals surface area contributed by atoms with E-state index < -0.39 is 71.4 Å². The number of aliphatic hydroxyl groups excluding tert-OH is 1. The molecule has 0 radical (unpaired) electrons. The normalized spacial score (nSPS) is 27.0. The number of aliphatic hydroxyl groups is 2. The molecule has 2 aliphatic heterocycles. The van der Waals surface area contributed by atoms with Gasteiger partial charge in [-0.2, -0.15) is 13.2 Å². The van der Waals surface area contributed by atoms with E-state index in [1.807, 2.05) is 19.2 Å². The third kappa shape index (κ3) is 6.63. The predicted octanol–water partition coefficient (Wildman–Crippen LogP) is 2.17. The van der Waals surface area contributed by atoms with Crippen LogP contribution in [0.4, 0.5) is 13.2 Å². The fourth-order valence-electron chi connectivity index (χ4n) is 6.69. The lowest BCUT2D eigenvalue weighted by molar-refractivity contribution is -0.192. The number of carboxylic acids is 1. The molecule has 5 rings (SSSR count). The molecule has 2 bridgehead atoms. The smallest absolute Gasteiger partial charge is 0.490 e. The van der Waals surface area contributed by atoms with Gasteiger partial charge in [-0.3, -0.25) is 4.79 Å². The Kier molecular flexibility index (Phi) is 9.65. The maximum absolute atomic E-state index is 13.2. The summed E-state index contributed by atoms with van der Waals surface area (Å²) < 4.78 is 60.0. The molecule has 47 heavy (non-hydrogen) atoms. The molecular formula is C31H38F3NO12. The summed E-state index contributed by atoms with van der Waals surface area (Å²) in [6, 6.07) is 3.69. The van der Waals surface area contributed by atoms with E-state index in [9.17, 15) is 37.8 Å². The molecule has 260 valence electrons. The van der Waals surface area contributed by atoms with Gasteiger partial charge in [0.15, 0.2) is 17.6 Å². The van der Waals surface area contributed by atoms with Crippen LogP contribution in [0.5, 0.6) is 11.5 Å². The third-order valence-corrected chi connectivity index (χ3v) is 8.65. The van der Waals surface area contributed by atoms with E-state index in [2.05, 4.69) is 4.90 Å². The number of likely N-dealkylation sites (tertiary alicyclic amines) is 1. The molecule has 1 fully saturated rings. The molecule has 4 aliphatic rings. The van der Waals surface area contributed by atoms with Crippen LogP contribution in [0.15, 0.2) is 24.0 Å². The average Bonchev–Trinajstić information content (AvgIpc) is 3.31. The van der Waals surface area contributed by atoms with Crippen LogP contribution in [0, 0.1) is 0 Å². The van der Waals surface area contributed by atoms with Crippen molar-refractivity contribution in [2.24, 2.45) is 0 Å². The number of rotatable bonds is 7. The lowest BCUT2D eigenvalue weighted by atomic mass is 9.50. The number of hydrogen-bond donors (Lipinski definition) is 3. The van der Waals surface area contributed by atoms with Crippen molar-refractivity contribution in [1.29, 1.82) is 0 Å². The summed E-state index contributed by atoms with van der Waals surface area (Å²) >= 11 is 0. The molecule has 2 heterocycles. The molecule has 0 unspecified atom stereocenters. The highest BCUT2D eigenvalue weighted by atomic mass is 19.4. The summed E-state index contributed by atoms with van der Waals surface area (Å²) in [4.78, 5) is 49.1. The van der Waals surface area contributed by atoms with Crippen molar-refractivity contribution >= 4 is 23.9 Å². The topological polar surface area (TPSA) is 178 Å². The molecule has 0 saturated carbocycles. The third-order valence-electron chi connectivity index (χ3n) is 8.65. The minimum atomic E-state index is -5.08. The van der Waals surface area contributed by atoms with Gasteiger partial charge < -0.3 is 43.9 Å². The molecule has 1 aromatic carbocycles. The second-order valence-electron chi connectivity index (χ2n) is 12.9. The van der Waals surface area contributed by atoms with Crippen molar-refractivity contribution in [3.05, 3.63) is 35.1 Å². The number of benzene rings is 1. The Labute approximate surface area is 268 Å². The van der Waals surface area contributed by atoms with Gasteiger partial charge in [0.1, 0.15) is 17.5 Å². The zero-order valence-corrected chi connectivity index (χ0v) is 26.7. The van der Waals surface area contributed by atoms with Crippen LogP contribution in [0.3, 0.4) is 0 Å². The molecule has 16 heteroatoms. The lowest BCUT2D eigenvalue weighted by Gasteiger charge is -2.61. The number of carbonyl (C=O) groups is 4. The first-order valence-electron chi connectivity index (χ1n) is 14.8. The van der Waals surface area contributed by atoms with Gasteiger partial charge in [0.25, 0.3) is 0 Å². The van der Waals surface area contributed by atoms with Crippen LogP contribution in [0.2, 0.25) is 0 Å². The van der Waals surface area contributed by atoms with E-state index in [1.54, 1.807) is 34.0 Å². The zero-order chi connectivity index (χ0) is 35.3. The van der Waals surface area contributed by atoms with Crippen LogP contribution in [0.1, 0.15) is 58.1 Å². The number of aliphatic carboxylic acids is 1. The van der Waals surface area contributed by atoms with Gasteiger partial charge in [0.05, 0.1) is 24.5 Å². The van der Waals surface area contributed by atoms with E-state index in [0.29, 0.717) is 30.9 Å². The molecule has 1 aromatic rings. The Balaban J connectivity index is 0.000000644. The summed E-state index contributed by atoms with van der Waals surface area (Å²) in [5.74, 6) is -4.34. The van der Waals surface area contributed by atoms with Crippen molar-refractivity contribution in [3.63, 3.8) is 0 Å². The van der Waals surface area contributed by atoms with Crippen LogP contribution in [-0.4, -0.2) is 107 Å². The summed E-state index contributed by atoms with van der Waals surface area (Å²) in [6.45, 7) is 6.82. The standard InChI is InChI=1S/C29H37NO10.C2HF3O2/c1-15(31)25(33)38-19(26(34)40-27(2,3)4)14-21(32)37-18-9-10-29(35)20-13-16-7-8-17(36-6)23-22(16)28(29,24(18)39-23)11-12-30(20)5;3-2(4,5)1(6)7/h7-9,15,19-20,24,31,35H,10-14H2,1-6H3;(H,6,7)/t15-,19-,20+,24-,28-,29+;/m0./s1. The fraction of sp³-hybridized carbons (Fsp3) is 0.613. The number of alkyl halides is 3. The molecule has 6 atom stereocenters. The molecule has 0 amide bonds. The SMILES string of the molecule is COc1ccc2c3c1O[C@H]1C(OC(=O)C[C@H](OC(=O)[C@H](C)O)C(=O)OC(C)(C)C)=CC[C@@]4(O)[C@@H](C2)N(C)CC[C@]314.O=C(O)C(F)(F)F. The highest BCUT2D eigenvalue weighted by molar-refractivity contribution is 5.86. The summed E-state index contributed by atoms with van der Waals surface area (Å²) in [7, 11) is 3.55. The van der Waals surface area contributed by atoms with E-state index in [1.165, 1.54) is 6.92 Å². The first kappa shape index (κ1) is 36.0. The number of esters is 3. The number of carbonyl (C=O) groups excluding carboxylic acids is 3. The summed E-state index contributed by atoms with van der Waals surface area (Å²) in [5.41, 5.74) is -0.991. The number of methoxy groups -OCH3 is 1. The molecule has 0 aromatic heterocycles. The van der Waals surface area contributed by atoms with Gasteiger partial charge in [0, 0.05) is 18.0 Å². The van der Waals surface area contributed by atoms with Crippen molar-refractivity contribution in [1.82, 2.24) is 4.90 Å². The fourth-order valence-corrected chi connectivity index (χ4v) is 6.69. The number of carboxylic acid groups (broad SMARTS) is 1. The van der Waals surface area contributed by atoms with Gasteiger partial charge in [-0.05, 0) is 71.8 Å². The van der Waals surface area contributed by atoms with Crippen LogP contribution >= 0.6 is 0 Å². The Morgan fingerprint density at radius 2 is 1.79 bits per heavy atom. The summed E-state index contributed by atoms with van der Waals surface area (Å²) in [5, 5.41) is 29.0. The molecular weight excluding hydrogens is 635 g/mol. The quantitative estimate of drug-likeness (QED) is 0.284. The van der Waals surface area contributed by atoms with E-state index in [0.717, 1.165) is 11.1 Å². The molecule has 2 aliphatic carbocycles. The zero-order valence-electron chi connectivity index (χ0n) is 26.7. The number of nitrogens with zero attached hydrogens (tertiary/aromatic N) is 1. The van der Waals surface area contributed by atoms with E-state index in [4.69, 9.17) is 33.6 Å². The Hall–Kier alpha value is -3.89. The van der Waals surface area contributed by atoms with Crippen LogP contribution in [0.25, 0.3) is 0 Å². The molecule has 1 spiro atoms. The number of piperidine rings is 1. The average molecular weight is 674 g/mol. The van der Waals surface area contributed by atoms with Gasteiger partial charge in [-0.15, -0.1) is 0 Å². The summed E-state index contributed by atoms with van der Waals surface area (Å²) in [6.07, 6.45) is -6.55. The minimum absolute atomic E-state index is 0.163. The van der Waals surface area contributed by atoms with Gasteiger partial charge in [-0.1, -0.05) is 6.07 Å². The highest BCUT2D eigenvalue weighted by Gasteiger charge is 2.72. The molecule has 1 saturated heterocycles. The molecule has 3 N–H and O–H groups in total. The largest absolute Gasteiger partial charge is 0.493 e. The first-order chi connectivity index (χ1) is 21.7. The predicted molar refractivity (Wildman–Crippen MR) is 153 cm³/mol. The van der Waals surface area contributed by atoms with Crippen molar-refractivity contribution < 1.29 is 71.4 Å². The second-order valence-corrected chi connectivity index (χ2v) is 12.9. The monoisotopic (exact) mass is 673 g/mol. The van der Waals surface area contributed by atoms with Crippen molar-refractivity contribution in [2.75, 3.05) is 20.7 Å².